The molecule has 6 nitrogen and oxygen atoms in total. The number of aromatic amines is 1. The van der Waals surface area contributed by atoms with Crippen molar-refractivity contribution >= 4 is 17.7 Å². The summed E-state index contributed by atoms with van der Waals surface area (Å²) in [5, 5.41) is 8.95. The third kappa shape index (κ3) is 2.30. The molecule has 80 valence electrons. The molecule has 2 rings (SSSR count). The molecule has 1 aliphatic heterocycles. The Morgan fingerprint density at radius 2 is 2.40 bits per heavy atom. The van der Waals surface area contributed by atoms with Crippen LogP contribution in [0.15, 0.2) is 16.0 Å². The number of hydrogen-bond acceptors (Lipinski definition) is 6. The Morgan fingerprint density at radius 3 is 3.00 bits per heavy atom. The van der Waals surface area contributed by atoms with Gasteiger partial charge in [0.15, 0.2) is 5.16 Å². The third-order valence-corrected chi connectivity index (χ3v) is 2.98. The minimum Gasteiger partial charge on any atom is -0.493 e. The van der Waals surface area contributed by atoms with Gasteiger partial charge in [0, 0.05) is 6.42 Å². The van der Waals surface area contributed by atoms with E-state index in [1.54, 1.807) is 0 Å². The van der Waals surface area contributed by atoms with Crippen molar-refractivity contribution in [3.8, 4) is 5.88 Å². The van der Waals surface area contributed by atoms with Crippen molar-refractivity contribution in [2.45, 2.75) is 16.8 Å². The molecule has 15 heavy (non-hydrogen) atoms. The Kier molecular flexibility index (Phi) is 2.63. The molecular weight excluding hydrogens is 220 g/mol. The quantitative estimate of drug-likeness (QED) is 0.541. The summed E-state index contributed by atoms with van der Waals surface area (Å²) >= 11 is 1.09. The molecule has 7 heteroatoms. The molecule has 1 aliphatic rings. The highest BCUT2D eigenvalue weighted by atomic mass is 32.2. The maximum Gasteiger partial charge on any atom is 0.319 e. The first kappa shape index (κ1) is 10.0. The number of esters is 1. The average molecular weight is 228 g/mol. The molecule has 0 radical (unpaired) electrons. The van der Waals surface area contributed by atoms with E-state index in [1.165, 1.54) is 0 Å². The van der Waals surface area contributed by atoms with Crippen molar-refractivity contribution in [1.82, 2.24) is 9.97 Å². The molecule has 2 N–H and O–H groups in total. The van der Waals surface area contributed by atoms with Crippen LogP contribution in [0.1, 0.15) is 6.42 Å². The molecule has 0 aromatic carbocycles. The Labute approximate surface area is 88.7 Å². The number of cyclic esters (lactones) is 1. The third-order valence-electron chi connectivity index (χ3n) is 1.85. The van der Waals surface area contributed by atoms with Crippen LogP contribution in [-0.2, 0) is 9.53 Å². The van der Waals surface area contributed by atoms with Gasteiger partial charge in [0.05, 0.1) is 12.7 Å². The van der Waals surface area contributed by atoms with Gasteiger partial charge in [0.2, 0.25) is 5.88 Å². The summed E-state index contributed by atoms with van der Waals surface area (Å²) in [4.78, 5) is 28.2. The number of thioether (sulfide) groups is 1. The predicted octanol–water partition coefficient (Wildman–Crippen LogP) is -0.117. The van der Waals surface area contributed by atoms with Gasteiger partial charge < -0.3 is 14.8 Å². The summed E-state index contributed by atoms with van der Waals surface area (Å²) in [6, 6.07) is 0.969. The van der Waals surface area contributed by atoms with E-state index < -0.39 is 5.56 Å². The van der Waals surface area contributed by atoms with Gasteiger partial charge in [-0.3, -0.25) is 9.59 Å². The standard InChI is InChI=1S/C8H8N2O4S/c11-5-3-6(12)10-8(9-5)15-4-1-2-14-7(4)13/h3-4H,1-2H2,(H2,9,10,11,12). The maximum absolute atomic E-state index is 11.1. The fraction of sp³-hybridized carbons (Fsp3) is 0.375. The minimum atomic E-state index is -0.448. The molecule has 1 atom stereocenters. The van der Waals surface area contributed by atoms with Crippen LogP contribution in [0.25, 0.3) is 0 Å². The van der Waals surface area contributed by atoms with Crippen LogP contribution in [0.5, 0.6) is 5.88 Å². The Bertz CT molecular complexity index is 445. The molecule has 1 unspecified atom stereocenters. The normalized spacial score (nSPS) is 20.3. The lowest BCUT2D eigenvalue weighted by Gasteiger charge is -2.03. The van der Waals surface area contributed by atoms with Crippen LogP contribution in [0.2, 0.25) is 0 Å². The number of aromatic hydroxyl groups is 1. The van der Waals surface area contributed by atoms with E-state index in [9.17, 15) is 9.59 Å². The molecule has 0 spiro atoms. The van der Waals surface area contributed by atoms with Crippen LogP contribution >= 0.6 is 11.8 Å². The molecule has 2 heterocycles. The van der Waals surface area contributed by atoms with Crippen LogP contribution in [0.4, 0.5) is 0 Å². The Hall–Kier alpha value is -1.50. The monoisotopic (exact) mass is 228 g/mol. The highest BCUT2D eigenvalue weighted by Crippen LogP contribution is 2.26. The van der Waals surface area contributed by atoms with Gasteiger partial charge in [-0.2, -0.15) is 4.98 Å². The summed E-state index contributed by atoms with van der Waals surface area (Å²) in [6.45, 7) is 0.388. The Balaban J connectivity index is 2.16. The highest BCUT2D eigenvalue weighted by Gasteiger charge is 2.28. The van der Waals surface area contributed by atoms with E-state index in [0.717, 1.165) is 17.8 Å². The number of carbonyl (C=O) groups excluding carboxylic acids is 1. The van der Waals surface area contributed by atoms with Crippen molar-refractivity contribution in [2.24, 2.45) is 0 Å². The van der Waals surface area contributed by atoms with Crippen LogP contribution in [0.3, 0.4) is 0 Å². The minimum absolute atomic E-state index is 0.226. The number of hydrogen-bond donors (Lipinski definition) is 2. The molecule has 0 bridgehead atoms. The van der Waals surface area contributed by atoms with Gasteiger partial charge in [-0.25, -0.2) is 0 Å². The largest absolute Gasteiger partial charge is 0.493 e. The number of nitrogens with zero attached hydrogens (tertiary/aromatic N) is 1. The zero-order valence-electron chi connectivity index (χ0n) is 7.60. The van der Waals surface area contributed by atoms with Crippen molar-refractivity contribution in [3.63, 3.8) is 0 Å². The summed E-state index contributed by atoms with van der Waals surface area (Å²) in [7, 11) is 0. The van der Waals surface area contributed by atoms with Crippen LogP contribution in [0, 0.1) is 0 Å². The number of H-pyrrole nitrogens is 1. The van der Waals surface area contributed by atoms with Crippen molar-refractivity contribution < 1.29 is 14.6 Å². The molecule has 1 aromatic rings. The number of rotatable bonds is 2. The van der Waals surface area contributed by atoms with E-state index in [-0.39, 0.29) is 22.3 Å². The smallest absolute Gasteiger partial charge is 0.319 e. The fourth-order valence-electron chi connectivity index (χ4n) is 1.20. The summed E-state index contributed by atoms with van der Waals surface area (Å²) in [6.07, 6.45) is 0.586. The topological polar surface area (TPSA) is 92.3 Å². The maximum atomic E-state index is 11.1. The lowest BCUT2D eigenvalue weighted by atomic mass is 10.4. The number of aromatic nitrogens is 2. The molecule has 0 aliphatic carbocycles. The zero-order valence-corrected chi connectivity index (χ0v) is 8.41. The first-order chi connectivity index (χ1) is 7.15. The van der Waals surface area contributed by atoms with E-state index >= 15 is 0 Å². The molecule has 1 saturated heterocycles. The zero-order chi connectivity index (χ0) is 10.8. The molecule has 1 fully saturated rings. The summed E-state index contributed by atoms with van der Waals surface area (Å²) < 4.78 is 4.76. The number of ether oxygens (including phenoxy) is 1. The van der Waals surface area contributed by atoms with E-state index in [1.807, 2.05) is 0 Å². The number of carbonyl (C=O) groups is 1. The first-order valence-electron chi connectivity index (χ1n) is 4.29. The molecule has 0 saturated carbocycles. The second-order valence-electron chi connectivity index (χ2n) is 2.97. The Morgan fingerprint density at radius 1 is 1.60 bits per heavy atom. The lowest BCUT2D eigenvalue weighted by Crippen LogP contribution is -2.13. The van der Waals surface area contributed by atoms with E-state index in [2.05, 4.69) is 9.97 Å². The predicted molar refractivity (Wildman–Crippen MR) is 51.7 cm³/mol. The van der Waals surface area contributed by atoms with E-state index in [0.29, 0.717) is 13.0 Å². The second kappa shape index (κ2) is 3.93. The van der Waals surface area contributed by atoms with Crippen LogP contribution < -0.4 is 5.56 Å². The van der Waals surface area contributed by atoms with E-state index in [4.69, 9.17) is 9.84 Å². The van der Waals surface area contributed by atoms with Crippen molar-refractivity contribution in [3.05, 3.63) is 16.4 Å². The average Bonchev–Trinajstić information content (AvgIpc) is 2.50. The highest BCUT2D eigenvalue weighted by molar-refractivity contribution is 8.00. The van der Waals surface area contributed by atoms with Gasteiger partial charge in [-0.15, -0.1) is 0 Å². The molecular formula is C8H8N2O4S. The summed E-state index contributed by atoms with van der Waals surface area (Å²) in [5.74, 6) is -0.668. The van der Waals surface area contributed by atoms with Crippen molar-refractivity contribution in [1.29, 1.82) is 0 Å². The van der Waals surface area contributed by atoms with Gasteiger partial charge in [0.1, 0.15) is 5.25 Å². The second-order valence-corrected chi connectivity index (χ2v) is 4.16. The van der Waals surface area contributed by atoms with Gasteiger partial charge >= 0.3 is 5.97 Å². The fourth-order valence-corrected chi connectivity index (χ4v) is 2.15. The molecule has 1 aromatic heterocycles. The van der Waals surface area contributed by atoms with Gasteiger partial charge in [0.25, 0.3) is 5.56 Å². The number of nitrogens with one attached hydrogen (secondary N) is 1. The SMILES string of the molecule is O=C1OCCC1Sc1nc(O)cc(=O)[nH]1. The molecule has 0 amide bonds. The van der Waals surface area contributed by atoms with Gasteiger partial charge in [-0.05, 0) is 0 Å². The van der Waals surface area contributed by atoms with Crippen LogP contribution in [-0.4, -0.2) is 32.9 Å². The first-order valence-corrected chi connectivity index (χ1v) is 5.17. The van der Waals surface area contributed by atoms with Crippen molar-refractivity contribution in [2.75, 3.05) is 6.61 Å². The lowest BCUT2D eigenvalue weighted by molar-refractivity contribution is -0.137. The summed E-state index contributed by atoms with van der Waals surface area (Å²) in [5.41, 5.74) is -0.448. The van der Waals surface area contributed by atoms with Gasteiger partial charge in [-0.1, -0.05) is 11.8 Å².